The number of pyridine rings is 1. The molecule has 1 aliphatic heterocycles. The van der Waals surface area contributed by atoms with Crippen LogP contribution in [-0.2, 0) is 9.53 Å². The van der Waals surface area contributed by atoms with Gasteiger partial charge in [0.25, 0.3) is 0 Å². The molecule has 0 N–H and O–H groups in total. The summed E-state index contributed by atoms with van der Waals surface area (Å²) in [6, 6.07) is 4.14. The zero-order chi connectivity index (χ0) is 18.3. The van der Waals surface area contributed by atoms with E-state index in [1.165, 1.54) is 25.7 Å². The second-order valence-corrected chi connectivity index (χ2v) is 9.19. The molecule has 5 rings (SSSR count). The first kappa shape index (κ1) is 17.4. The molecule has 1 aromatic heterocycles. The number of carbonyl (C=O) groups is 1. The summed E-state index contributed by atoms with van der Waals surface area (Å²) in [4.78, 5) is 20.1. The van der Waals surface area contributed by atoms with Gasteiger partial charge >= 0.3 is 0 Å². The Labute approximate surface area is 162 Å². The van der Waals surface area contributed by atoms with Gasteiger partial charge in [-0.25, -0.2) is 4.98 Å². The third-order valence-corrected chi connectivity index (χ3v) is 7.56. The summed E-state index contributed by atoms with van der Waals surface area (Å²) in [6.45, 7) is 3.32. The molecule has 144 valence electrons. The Bertz CT molecular complexity index is 722. The van der Waals surface area contributed by atoms with E-state index < -0.39 is 0 Å². The Hall–Kier alpha value is -1.68. The molecular weight excluding hydrogens is 336 g/mol. The molecule has 3 bridgehead atoms. The highest BCUT2D eigenvalue weighted by Gasteiger charge is 2.52. The van der Waals surface area contributed by atoms with Crippen LogP contribution in [0, 0.1) is 23.2 Å². The largest absolute Gasteiger partial charge is 0.378 e. The molecule has 3 saturated carbocycles. The number of hydrogen-bond acceptors (Lipinski definition) is 4. The molecule has 27 heavy (non-hydrogen) atoms. The summed E-state index contributed by atoms with van der Waals surface area (Å²) in [5.41, 5.74) is 0.957. The molecule has 4 atom stereocenters. The van der Waals surface area contributed by atoms with Crippen LogP contribution in [0.5, 0.6) is 0 Å². The van der Waals surface area contributed by atoms with Gasteiger partial charge in [-0.15, -0.1) is 0 Å². The Kier molecular flexibility index (Phi) is 4.55. The van der Waals surface area contributed by atoms with Gasteiger partial charge in [0.2, 0.25) is 0 Å². The molecule has 4 aliphatic rings. The highest BCUT2D eigenvalue weighted by atomic mass is 16.5. The second-order valence-electron chi connectivity index (χ2n) is 9.19. The van der Waals surface area contributed by atoms with Crippen molar-refractivity contribution in [2.45, 2.75) is 44.9 Å². The van der Waals surface area contributed by atoms with Crippen LogP contribution < -0.4 is 4.90 Å². The van der Waals surface area contributed by atoms with Gasteiger partial charge in [0, 0.05) is 24.7 Å². The standard InChI is InChI=1S/C23H30N2O2/c26-21(23-7-1-2-19-12-18(14-23)13-20(19)15-23)5-3-17-4-6-22(24-16-17)25-8-10-27-11-9-25/h3-6,16,18-20H,1-2,7-15H2/b5-3+. The van der Waals surface area contributed by atoms with Gasteiger partial charge in [-0.2, -0.15) is 0 Å². The van der Waals surface area contributed by atoms with Crippen molar-refractivity contribution in [2.75, 3.05) is 31.2 Å². The monoisotopic (exact) mass is 366 g/mol. The molecule has 0 radical (unpaired) electrons. The van der Waals surface area contributed by atoms with Gasteiger partial charge in [-0.1, -0.05) is 12.8 Å². The lowest BCUT2D eigenvalue weighted by molar-refractivity contribution is -0.127. The summed E-state index contributed by atoms with van der Waals surface area (Å²) >= 11 is 0. The van der Waals surface area contributed by atoms with Gasteiger partial charge < -0.3 is 9.64 Å². The molecule has 1 aromatic rings. The molecule has 2 heterocycles. The fourth-order valence-corrected chi connectivity index (χ4v) is 6.30. The first-order chi connectivity index (χ1) is 13.2. The average molecular weight is 367 g/mol. The molecule has 1 saturated heterocycles. The van der Waals surface area contributed by atoms with E-state index in [9.17, 15) is 4.79 Å². The number of hydrogen-bond donors (Lipinski definition) is 0. The van der Waals surface area contributed by atoms with E-state index in [0.717, 1.165) is 74.7 Å². The molecule has 4 unspecified atom stereocenters. The van der Waals surface area contributed by atoms with Crippen molar-refractivity contribution in [3.63, 3.8) is 0 Å². The lowest BCUT2D eigenvalue weighted by Crippen LogP contribution is -2.36. The first-order valence-corrected chi connectivity index (χ1v) is 10.7. The second kappa shape index (κ2) is 7.05. The van der Waals surface area contributed by atoms with Gasteiger partial charge in [-0.3, -0.25) is 4.79 Å². The molecule has 3 aliphatic carbocycles. The summed E-state index contributed by atoms with van der Waals surface area (Å²) in [6.07, 6.45) is 14.5. The van der Waals surface area contributed by atoms with Crippen LogP contribution in [-0.4, -0.2) is 37.1 Å². The van der Waals surface area contributed by atoms with Crippen LogP contribution in [0.25, 0.3) is 6.08 Å². The van der Waals surface area contributed by atoms with Crippen molar-refractivity contribution in [1.82, 2.24) is 4.98 Å². The molecule has 4 nitrogen and oxygen atoms in total. The molecule has 0 spiro atoms. The number of allylic oxidation sites excluding steroid dienone is 1. The van der Waals surface area contributed by atoms with Crippen LogP contribution >= 0.6 is 0 Å². The quantitative estimate of drug-likeness (QED) is 0.752. The predicted octanol–water partition coefficient (Wildman–Crippen LogP) is 4.11. The molecular formula is C23H30N2O2. The Morgan fingerprint density at radius 1 is 1.19 bits per heavy atom. The third kappa shape index (κ3) is 3.33. The normalized spacial score (nSPS) is 35.6. The molecule has 4 fully saturated rings. The number of ketones is 1. The number of ether oxygens (including phenoxy) is 1. The topological polar surface area (TPSA) is 42.4 Å². The fraction of sp³-hybridized carbons (Fsp3) is 0.652. The maximum atomic E-state index is 13.2. The highest BCUT2D eigenvalue weighted by molar-refractivity contribution is 5.98. The maximum absolute atomic E-state index is 13.2. The van der Waals surface area contributed by atoms with Crippen molar-refractivity contribution < 1.29 is 9.53 Å². The van der Waals surface area contributed by atoms with Gasteiger partial charge in [0.15, 0.2) is 5.78 Å². The van der Waals surface area contributed by atoms with Crippen LogP contribution in [0.2, 0.25) is 0 Å². The van der Waals surface area contributed by atoms with E-state index in [1.54, 1.807) is 0 Å². The lowest BCUT2D eigenvalue weighted by Gasteiger charge is -2.38. The number of aromatic nitrogens is 1. The van der Waals surface area contributed by atoms with Gasteiger partial charge in [0.1, 0.15) is 5.82 Å². The van der Waals surface area contributed by atoms with E-state index >= 15 is 0 Å². The summed E-state index contributed by atoms with van der Waals surface area (Å²) in [5, 5.41) is 0. The first-order valence-electron chi connectivity index (χ1n) is 10.7. The van der Waals surface area contributed by atoms with E-state index in [2.05, 4.69) is 22.0 Å². The van der Waals surface area contributed by atoms with Crippen LogP contribution in [0.3, 0.4) is 0 Å². The predicted molar refractivity (Wildman–Crippen MR) is 107 cm³/mol. The number of rotatable bonds is 4. The van der Waals surface area contributed by atoms with E-state index in [-0.39, 0.29) is 5.41 Å². The third-order valence-electron chi connectivity index (χ3n) is 7.56. The van der Waals surface area contributed by atoms with Crippen molar-refractivity contribution in [2.24, 2.45) is 23.2 Å². The van der Waals surface area contributed by atoms with Crippen molar-refractivity contribution in [3.05, 3.63) is 30.0 Å². The average Bonchev–Trinajstić information content (AvgIpc) is 2.92. The molecule has 0 amide bonds. The van der Waals surface area contributed by atoms with Crippen LogP contribution in [0.1, 0.15) is 50.5 Å². The van der Waals surface area contributed by atoms with Crippen molar-refractivity contribution >= 4 is 17.7 Å². The van der Waals surface area contributed by atoms with Crippen molar-refractivity contribution in [1.29, 1.82) is 0 Å². The molecule has 0 aromatic carbocycles. The van der Waals surface area contributed by atoms with Gasteiger partial charge in [-0.05, 0) is 79.7 Å². The number of morpholine rings is 1. The number of anilines is 1. The van der Waals surface area contributed by atoms with Crippen molar-refractivity contribution in [3.8, 4) is 0 Å². The molecule has 4 heteroatoms. The van der Waals surface area contributed by atoms with Crippen LogP contribution in [0.15, 0.2) is 24.4 Å². The summed E-state index contributed by atoms with van der Waals surface area (Å²) in [7, 11) is 0. The minimum Gasteiger partial charge on any atom is -0.378 e. The van der Waals surface area contributed by atoms with E-state index in [4.69, 9.17) is 4.74 Å². The van der Waals surface area contributed by atoms with Gasteiger partial charge in [0.05, 0.1) is 13.2 Å². The van der Waals surface area contributed by atoms with E-state index in [0.29, 0.717) is 5.78 Å². The SMILES string of the molecule is O=C(/C=C/c1ccc(N2CCOCC2)nc1)C12CCCC3CC(CC3C1)C2. The zero-order valence-electron chi connectivity index (χ0n) is 16.1. The summed E-state index contributed by atoms with van der Waals surface area (Å²) < 4.78 is 5.40. The lowest BCUT2D eigenvalue weighted by atomic mass is 9.65. The highest BCUT2D eigenvalue weighted by Crippen LogP contribution is 2.59. The smallest absolute Gasteiger partial charge is 0.161 e. The Morgan fingerprint density at radius 3 is 2.85 bits per heavy atom. The fourth-order valence-electron chi connectivity index (χ4n) is 6.30. The summed E-state index contributed by atoms with van der Waals surface area (Å²) in [5.74, 6) is 3.91. The zero-order valence-corrected chi connectivity index (χ0v) is 16.1. The minimum absolute atomic E-state index is 0.0590. The Balaban J connectivity index is 1.28. The number of nitrogens with zero attached hydrogens (tertiary/aromatic N) is 2. The van der Waals surface area contributed by atoms with E-state index in [1.807, 2.05) is 18.3 Å². The Morgan fingerprint density at radius 2 is 2.04 bits per heavy atom. The minimum atomic E-state index is -0.0590. The number of fused-ring (bicyclic) bond motifs is 2. The maximum Gasteiger partial charge on any atom is 0.161 e. The van der Waals surface area contributed by atoms with Crippen LogP contribution in [0.4, 0.5) is 5.82 Å². The number of carbonyl (C=O) groups excluding carboxylic acids is 1.